The van der Waals surface area contributed by atoms with E-state index in [1.165, 1.54) is 0 Å². The van der Waals surface area contributed by atoms with Crippen molar-refractivity contribution in [1.29, 1.82) is 0 Å². The standard InChI is InChI=1S/C18H28ClN3O2/c1-14(2)10-22-8-9-24-17(12-22)11-21(3)13-18(23)20-16-6-4-15(19)5-7-16/h4-7,14,17H,8-13H2,1-3H3,(H,20,23)/t17-/m1/s1. The molecule has 6 heteroatoms. The number of carbonyl (C=O) groups excluding carboxylic acids is 1. The van der Waals surface area contributed by atoms with E-state index in [0.717, 1.165) is 38.5 Å². The summed E-state index contributed by atoms with van der Waals surface area (Å²) in [6.45, 7) is 9.35. The fourth-order valence-electron chi connectivity index (χ4n) is 2.96. The number of nitrogens with one attached hydrogen (secondary N) is 1. The molecular formula is C18H28ClN3O2. The summed E-state index contributed by atoms with van der Waals surface area (Å²) in [6.07, 6.45) is 0.158. The highest BCUT2D eigenvalue weighted by Gasteiger charge is 2.22. The number of morpholine rings is 1. The Labute approximate surface area is 149 Å². The van der Waals surface area contributed by atoms with E-state index in [1.54, 1.807) is 24.3 Å². The number of halogens is 1. The number of hydrogen-bond donors (Lipinski definition) is 1. The molecule has 1 aromatic carbocycles. The van der Waals surface area contributed by atoms with Crippen LogP contribution in [0.15, 0.2) is 24.3 Å². The minimum atomic E-state index is -0.0327. The van der Waals surface area contributed by atoms with Gasteiger partial charge in [0.1, 0.15) is 0 Å². The Morgan fingerprint density at radius 1 is 1.42 bits per heavy atom. The minimum absolute atomic E-state index is 0.0327. The van der Waals surface area contributed by atoms with E-state index in [1.807, 2.05) is 11.9 Å². The van der Waals surface area contributed by atoms with Crippen LogP contribution in [0.4, 0.5) is 5.69 Å². The molecule has 134 valence electrons. The number of anilines is 1. The zero-order chi connectivity index (χ0) is 17.5. The van der Waals surface area contributed by atoms with Crippen molar-refractivity contribution in [2.24, 2.45) is 5.92 Å². The molecule has 0 bridgehead atoms. The molecule has 0 spiro atoms. The van der Waals surface area contributed by atoms with Crippen LogP contribution in [-0.4, -0.2) is 68.2 Å². The van der Waals surface area contributed by atoms with Gasteiger partial charge in [0.25, 0.3) is 0 Å². The fourth-order valence-corrected chi connectivity index (χ4v) is 3.09. The first-order chi connectivity index (χ1) is 11.4. The summed E-state index contributed by atoms with van der Waals surface area (Å²) in [5.74, 6) is 0.626. The van der Waals surface area contributed by atoms with E-state index in [0.29, 0.717) is 17.5 Å². The number of likely N-dealkylation sites (N-methyl/N-ethyl adjacent to an activating group) is 1. The van der Waals surface area contributed by atoms with Crippen LogP contribution in [0, 0.1) is 5.92 Å². The van der Waals surface area contributed by atoms with Gasteiger partial charge in [0.2, 0.25) is 5.91 Å². The summed E-state index contributed by atoms with van der Waals surface area (Å²) in [5, 5.41) is 3.54. The molecule has 1 fully saturated rings. The van der Waals surface area contributed by atoms with Gasteiger partial charge in [-0.25, -0.2) is 0 Å². The minimum Gasteiger partial charge on any atom is -0.374 e. The summed E-state index contributed by atoms with van der Waals surface area (Å²) >= 11 is 5.85. The normalized spacial score (nSPS) is 19.0. The quantitative estimate of drug-likeness (QED) is 0.818. The van der Waals surface area contributed by atoms with Crippen LogP contribution in [0.3, 0.4) is 0 Å². The molecule has 1 aromatic rings. The van der Waals surface area contributed by atoms with Gasteiger partial charge in [-0.2, -0.15) is 0 Å². The van der Waals surface area contributed by atoms with Crippen LogP contribution in [-0.2, 0) is 9.53 Å². The van der Waals surface area contributed by atoms with Gasteiger partial charge in [-0.05, 0) is 37.2 Å². The zero-order valence-corrected chi connectivity index (χ0v) is 15.6. The fraction of sp³-hybridized carbons (Fsp3) is 0.611. The first-order valence-electron chi connectivity index (χ1n) is 8.50. The number of carbonyl (C=O) groups is 1. The topological polar surface area (TPSA) is 44.8 Å². The number of amides is 1. The maximum absolute atomic E-state index is 12.1. The van der Waals surface area contributed by atoms with Crippen molar-refractivity contribution in [2.75, 3.05) is 51.7 Å². The first-order valence-corrected chi connectivity index (χ1v) is 8.88. The lowest BCUT2D eigenvalue weighted by Crippen LogP contribution is -2.48. The Morgan fingerprint density at radius 3 is 2.79 bits per heavy atom. The molecule has 1 N–H and O–H groups in total. The zero-order valence-electron chi connectivity index (χ0n) is 14.8. The third kappa shape index (κ3) is 6.77. The molecule has 1 aliphatic heterocycles. The lowest BCUT2D eigenvalue weighted by atomic mass is 10.1. The van der Waals surface area contributed by atoms with Crippen LogP contribution in [0.25, 0.3) is 0 Å². The summed E-state index contributed by atoms with van der Waals surface area (Å²) in [4.78, 5) is 16.6. The molecular weight excluding hydrogens is 326 g/mol. The summed E-state index contributed by atoms with van der Waals surface area (Å²) in [7, 11) is 1.95. The molecule has 0 aromatic heterocycles. The van der Waals surface area contributed by atoms with Crippen molar-refractivity contribution >= 4 is 23.2 Å². The summed E-state index contributed by atoms with van der Waals surface area (Å²) in [6, 6.07) is 7.13. The van der Waals surface area contributed by atoms with Gasteiger partial charge in [0, 0.05) is 36.9 Å². The maximum atomic E-state index is 12.1. The van der Waals surface area contributed by atoms with Crippen LogP contribution < -0.4 is 5.32 Å². The van der Waals surface area contributed by atoms with Crippen molar-refractivity contribution in [1.82, 2.24) is 9.80 Å². The third-order valence-corrected chi connectivity index (χ3v) is 4.16. The number of benzene rings is 1. The summed E-state index contributed by atoms with van der Waals surface area (Å²) in [5.41, 5.74) is 0.759. The van der Waals surface area contributed by atoms with E-state index in [-0.39, 0.29) is 12.0 Å². The summed E-state index contributed by atoms with van der Waals surface area (Å²) < 4.78 is 5.84. The predicted molar refractivity (Wildman–Crippen MR) is 98.6 cm³/mol. The molecule has 1 atom stereocenters. The predicted octanol–water partition coefficient (Wildman–Crippen LogP) is 2.57. The molecule has 24 heavy (non-hydrogen) atoms. The van der Waals surface area contributed by atoms with Crippen molar-refractivity contribution in [3.63, 3.8) is 0 Å². The molecule has 0 aliphatic carbocycles. The average molecular weight is 354 g/mol. The molecule has 1 saturated heterocycles. The van der Waals surface area contributed by atoms with Crippen molar-refractivity contribution < 1.29 is 9.53 Å². The van der Waals surface area contributed by atoms with E-state index in [4.69, 9.17) is 16.3 Å². The second-order valence-corrected chi connectivity index (χ2v) is 7.33. The number of hydrogen-bond acceptors (Lipinski definition) is 4. The molecule has 1 aliphatic rings. The Balaban J connectivity index is 1.74. The molecule has 5 nitrogen and oxygen atoms in total. The van der Waals surface area contributed by atoms with Gasteiger partial charge < -0.3 is 10.1 Å². The monoisotopic (exact) mass is 353 g/mol. The molecule has 0 radical (unpaired) electrons. The van der Waals surface area contributed by atoms with Crippen LogP contribution >= 0.6 is 11.6 Å². The number of ether oxygens (including phenoxy) is 1. The smallest absolute Gasteiger partial charge is 0.238 e. The van der Waals surface area contributed by atoms with Gasteiger partial charge in [0.15, 0.2) is 0 Å². The molecule has 0 saturated carbocycles. The Morgan fingerprint density at radius 2 is 2.12 bits per heavy atom. The first kappa shape index (κ1) is 19.2. The van der Waals surface area contributed by atoms with Crippen LogP contribution in [0.1, 0.15) is 13.8 Å². The average Bonchev–Trinajstić information content (AvgIpc) is 2.49. The van der Waals surface area contributed by atoms with Gasteiger partial charge in [-0.15, -0.1) is 0 Å². The number of rotatable bonds is 7. The highest BCUT2D eigenvalue weighted by Crippen LogP contribution is 2.13. The lowest BCUT2D eigenvalue weighted by molar-refractivity contribution is -0.117. The van der Waals surface area contributed by atoms with E-state index in [2.05, 4.69) is 24.1 Å². The SMILES string of the molecule is CC(C)CN1CCO[C@H](CN(C)CC(=O)Nc2ccc(Cl)cc2)C1. The van der Waals surface area contributed by atoms with Crippen molar-refractivity contribution in [3.8, 4) is 0 Å². The highest BCUT2D eigenvalue weighted by molar-refractivity contribution is 6.30. The highest BCUT2D eigenvalue weighted by atomic mass is 35.5. The largest absolute Gasteiger partial charge is 0.374 e. The van der Waals surface area contributed by atoms with E-state index >= 15 is 0 Å². The Hall–Kier alpha value is -1.14. The van der Waals surface area contributed by atoms with Crippen molar-refractivity contribution in [3.05, 3.63) is 29.3 Å². The molecule has 0 unspecified atom stereocenters. The van der Waals surface area contributed by atoms with E-state index in [9.17, 15) is 4.79 Å². The van der Waals surface area contributed by atoms with E-state index < -0.39 is 0 Å². The third-order valence-electron chi connectivity index (χ3n) is 3.90. The van der Waals surface area contributed by atoms with Gasteiger partial charge in [0.05, 0.1) is 19.3 Å². The number of nitrogens with zero attached hydrogens (tertiary/aromatic N) is 2. The van der Waals surface area contributed by atoms with Gasteiger partial charge in [-0.3, -0.25) is 14.6 Å². The van der Waals surface area contributed by atoms with Crippen molar-refractivity contribution in [2.45, 2.75) is 20.0 Å². The molecule has 1 heterocycles. The lowest BCUT2D eigenvalue weighted by Gasteiger charge is -2.35. The Kier molecular flexibility index (Phi) is 7.49. The van der Waals surface area contributed by atoms with Gasteiger partial charge >= 0.3 is 0 Å². The maximum Gasteiger partial charge on any atom is 0.238 e. The van der Waals surface area contributed by atoms with Gasteiger partial charge in [-0.1, -0.05) is 25.4 Å². The Bertz CT molecular complexity index is 522. The second-order valence-electron chi connectivity index (χ2n) is 6.90. The van der Waals surface area contributed by atoms with Crippen LogP contribution in [0.2, 0.25) is 5.02 Å². The second kappa shape index (κ2) is 9.37. The molecule has 2 rings (SSSR count). The molecule has 1 amide bonds. The van der Waals surface area contributed by atoms with Crippen LogP contribution in [0.5, 0.6) is 0 Å².